The first kappa shape index (κ1) is 23.7. The molecule has 1 aliphatic carbocycles. The number of hydrogen-bond acceptors (Lipinski definition) is 6. The van der Waals surface area contributed by atoms with Gasteiger partial charge in [-0.3, -0.25) is 4.79 Å². The van der Waals surface area contributed by atoms with Crippen LogP contribution in [0.2, 0.25) is 0 Å². The number of ether oxygens (including phenoxy) is 3. The van der Waals surface area contributed by atoms with Crippen molar-refractivity contribution >= 4 is 18.0 Å². The summed E-state index contributed by atoms with van der Waals surface area (Å²) in [6.45, 7) is 1.99. The second kappa shape index (κ2) is 10.2. The third-order valence-electron chi connectivity index (χ3n) is 6.38. The lowest BCUT2D eigenvalue weighted by Crippen LogP contribution is -2.58. The summed E-state index contributed by atoms with van der Waals surface area (Å²) in [7, 11) is 1.43. The number of amides is 2. The molecule has 1 saturated heterocycles. The molecule has 1 heterocycles. The summed E-state index contributed by atoms with van der Waals surface area (Å²) in [5.41, 5.74) is 4.41. The van der Waals surface area contributed by atoms with Crippen LogP contribution in [0.15, 0.2) is 48.5 Å². The standard InChI is InChI=1S/C25H28N2O7/c1-15(32-2)22(23(28)27-11-12-33-21(13-27)24(29)30)26-25(31)34-14-20-18-9-5-3-7-16(18)17-8-4-6-10-19(17)20/h3-10,15,20-22H,11-14H2,1-2H3,(H,26,31)(H,29,30)/t15-,21?,22+/m1/s1. The molecule has 180 valence electrons. The molecule has 1 unspecified atom stereocenters. The van der Waals surface area contributed by atoms with Crippen LogP contribution in [0.4, 0.5) is 4.79 Å². The van der Waals surface area contributed by atoms with E-state index in [4.69, 9.17) is 14.2 Å². The summed E-state index contributed by atoms with van der Waals surface area (Å²) in [5.74, 6) is -1.70. The molecule has 2 aliphatic rings. The molecule has 2 aromatic carbocycles. The number of methoxy groups -OCH3 is 1. The van der Waals surface area contributed by atoms with Crippen molar-refractivity contribution in [3.8, 4) is 11.1 Å². The predicted molar refractivity (Wildman–Crippen MR) is 122 cm³/mol. The van der Waals surface area contributed by atoms with E-state index in [0.29, 0.717) is 0 Å². The molecule has 0 radical (unpaired) electrons. The molecular formula is C25H28N2O7. The van der Waals surface area contributed by atoms with Crippen LogP contribution in [0.5, 0.6) is 0 Å². The Morgan fingerprint density at radius 3 is 2.32 bits per heavy atom. The van der Waals surface area contributed by atoms with Crippen LogP contribution in [-0.4, -0.2) is 79.6 Å². The Hall–Kier alpha value is -3.43. The van der Waals surface area contributed by atoms with E-state index in [9.17, 15) is 19.5 Å². The minimum Gasteiger partial charge on any atom is -0.479 e. The van der Waals surface area contributed by atoms with Gasteiger partial charge in [-0.05, 0) is 29.2 Å². The van der Waals surface area contributed by atoms with Crippen molar-refractivity contribution in [2.24, 2.45) is 0 Å². The highest BCUT2D eigenvalue weighted by atomic mass is 16.6. The van der Waals surface area contributed by atoms with Crippen molar-refractivity contribution in [1.29, 1.82) is 0 Å². The van der Waals surface area contributed by atoms with Crippen LogP contribution in [0.25, 0.3) is 11.1 Å². The van der Waals surface area contributed by atoms with Gasteiger partial charge in [-0.2, -0.15) is 0 Å². The molecule has 0 aromatic heterocycles. The van der Waals surface area contributed by atoms with Crippen LogP contribution in [-0.2, 0) is 23.8 Å². The number of rotatable bonds is 7. The highest BCUT2D eigenvalue weighted by Crippen LogP contribution is 2.44. The Balaban J connectivity index is 1.43. The highest BCUT2D eigenvalue weighted by molar-refractivity contribution is 5.87. The average molecular weight is 469 g/mol. The van der Waals surface area contributed by atoms with E-state index in [0.717, 1.165) is 22.3 Å². The predicted octanol–water partition coefficient (Wildman–Crippen LogP) is 2.24. The second-order valence-corrected chi connectivity index (χ2v) is 8.37. The normalized spacial score (nSPS) is 19.0. The van der Waals surface area contributed by atoms with Gasteiger partial charge in [0.05, 0.1) is 19.3 Å². The molecule has 0 bridgehead atoms. The van der Waals surface area contributed by atoms with E-state index in [1.165, 1.54) is 12.0 Å². The molecule has 2 aromatic rings. The molecule has 2 amide bonds. The van der Waals surface area contributed by atoms with Crippen LogP contribution >= 0.6 is 0 Å². The molecule has 1 aliphatic heterocycles. The van der Waals surface area contributed by atoms with Gasteiger partial charge in [-0.15, -0.1) is 0 Å². The van der Waals surface area contributed by atoms with Crippen molar-refractivity contribution in [1.82, 2.24) is 10.2 Å². The Labute approximate surface area is 197 Å². The number of nitrogens with zero attached hydrogens (tertiary/aromatic N) is 1. The second-order valence-electron chi connectivity index (χ2n) is 8.37. The van der Waals surface area contributed by atoms with Gasteiger partial charge in [0.2, 0.25) is 5.91 Å². The van der Waals surface area contributed by atoms with E-state index in [2.05, 4.69) is 17.4 Å². The first-order chi connectivity index (χ1) is 16.4. The zero-order valence-electron chi connectivity index (χ0n) is 19.1. The number of aliphatic carboxylic acids is 1. The quantitative estimate of drug-likeness (QED) is 0.641. The van der Waals surface area contributed by atoms with E-state index >= 15 is 0 Å². The zero-order valence-corrected chi connectivity index (χ0v) is 19.1. The van der Waals surface area contributed by atoms with Gasteiger partial charge in [0.1, 0.15) is 12.6 Å². The number of hydrogen-bond donors (Lipinski definition) is 2. The summed E-state index contributed by atoms with van der Waals surface area (Å²) in [6, 6.07) is 15.0. The molecule has 1 fully saturated rings. The summed E-state index contributed by atoms with van der Waals surface area (Å²) in [5, 5.41) is 11.8. The smallest absolute Gasteiger partial charge is 0.407 e. The molecule has 2 N–H and O–H groups in total. The maximum absolute atomic E-state index is 13.1. The van der Waals surface area contributed by atoms with Gasteiger partial charge >= 0.3 is 12.1 Å². The zero-order chi connectivity index (χ0) is 24.2. The fraction of sp³-hybridized carbons (Fsp3) is 0.400. The lowest BCUT2D eigenvalue weighted by Gasteiger charge is -2.34. The van der Waals surface area contributed by atoms with Gasteiger partial charge < -0.3 is 29.5 Å². The topological polar surface area (TPSA) is 114 Å². The van der Waals surface area contributed by atoms with Crippen LogP contribution in [0, 0.1) is 0 Å². The monoisotopic (exact) mass is 468 g/mol. The third kappa shape index (κ3) is 4.76. The van der Waals surface area contributed by atoms with Crippen molar-refractivity contribution in [3.05, 3.63) is 59.7 Å². The number of carbonyl (C=O) groups excluding carboxylic acids is 2. The third-order valence-corrected chi connectivity index (χ3v) is 6.38. The maximum Gasteiger partial charge on any atom is 0.407 e. The fourth-order valence-corrected chi connectivity index (χ4v) is 4.48. The van der Waals surface area contributed by atoms with Gasteiger partial charge in [0, 0.05) is 19.6 Å². The highest BCUT2D eigenvalue weighted by Gasteiger charge is 2.36. The largest absolute Gasteiger partial charge is 0.479 e. The molecule has 3 atom stereocenters. The number of carbonyl (C=O) groups is 3. The van der Waals surface area contributed by atoms with Gasteiger partial charge in [0.15, 0.2) is 6.10 Å². The number of fused-ring (bicyclic) bond motifs is 3. The molecule has 0 saturated carbocycles. The van der Waals surface area contributed by atoms with E-state index < -0.39 is 36.2 Å². The van der Waals surface area contributed by atoms with Crippen molar-refractivity contribution in [2.45, 2.75) is 31.1 Å². The molecule has 4 rings (SSSR count). The van der Waals surface area contributed by atoms with Gasteiger partial charge in [-0.25, -0.2) is 9.59 Å². The maximum atomic E-state index is 13.1. The average Bonchev–Trinajstić information content (AvgIpc) is 3.19. The minimum atomic E-state index is -1.14. The van der Waals surface area contributed by atoms with Crippen LogP contribution in [0.1, 0.15) is 24.0 Å². The molecule has 9 heteroatoms. The fourth-order valence-electron chi connectivity index (χ4n) is 4.48. The molecule has 34 heavy (non-hydrogen) atoms. The lowest BCUT2D eigenvalue weighted by molar-refractivity contribution is -0.160. The lowest BCUT2D eigenvalue weighted by atomic mass is 9.98. The number of carboxylic acids is 1. The number of alkyl carbamates (subject to hydrolysis) is 1. The number of benzene rings is 2. The van der Waals surface area contributed by atoms with E-state index in [1.807, 2.05) is 36.4 Å². The first-order valence-electron chi connectivity index (χ1n) is 11.2. The number of morpholine rings is 1. The summed E-state index contributed by atoms with van der Waals surface area (Å²) in [4.78, 5) is 38.5. The van der Waals surface area contributed by atoms with Gasteiger partial charge in [0.25, 0.3) is 0 Å². The molecular weight excluding hydrogens is 440 g/mol. The van der Waals surface area contributed by atoms with Gasteiger partial charge in [-0.1, -0.05) is 48.5 Å². The molecule has 0 spiro atoms. The number of nitrogens with one attached hydrogen (secondary N) is 1. The Kier molecular flexibility index (Phi) is 7.14. The Morgan fingerprint density at radius 1 is 1.12 bits per heavy atom. The molecule has 9 nitrogen and oxygen atoms in total. The van der Waals surface area contributed by atoms with Crippen molar-refractivity contribution in [3.63, 3.8) is 0 Å². The minimum absolute atomic E-state index is 0.0989. The van der Waals surface area contributed by atoms with Crippen molar-refractivity contribution in [2.75, 3.05) is 33.4 Å². The van der Waals surface area contributed by atoms with Crippen molar-refractivity contribution < 1.29 is 33.7 Å². The van der Waals surface area contributed by atoms with E-state index in [-0.39, 0.29) is 32.2 Å². The first-order valence-corrected chi connectivity index (χ1v) is 11.2. The summed E-state index contributed by atoms with van der Waals surface area (Å²) in [6.07, 6.45) is -2.50. The van der Waals surface area contributed by atoms with E-state index in [1.54, 1.807) is 6.92 Å². The summed E-state index contributed by atoms with van der Waals surface area (Å²) < 4.78 is 16.1. The Bertz CT molecular complexity index is 1030. The Morgan fingerprint density at radius 2 is 1.74 bits per heavy atom. The SMILES string of the molecule is CO[C@H](C)[C@H](NC(=O)OCC1c2ccccc2-c2ccccc21)C(=O)N1CCOC(C(=O)O)C1. The summed E-state index contributed by atoms with van der Waals surface area (Å²) >= 11 is 0. The van der Waals surface area contributed by atoms with Crippen LogP contribution in [0.3, 0.4) is 0 Å². The van der Waals surface area contributed by atoms with Crippen LogP contribution < -0.4 is 5.32 Å². The number of carboxylic acid groups (broad SMARTS) is 1.